The molecule has 19 heavy (non-hydrogen) atoms. The summed E-state index contributed by atoms with van der Waals surface area (Å²) in [7, 11) is 0. The number of aliphatic carboxylic acids is 1. The molecule has 2 aliphatic rings. The summed E-state index contributed by atoms with van der Waals surface area (Å²) in [5, 5.41) is 9.22. The van der Waals surface area contributed by atoms with Crippen LogP contribution in [0.4, 0.5) is 4.79 Å². The number of urea groups is 1. The minimum absolute atomic E-state index is 0.0483. The standard InChI is InChI=1S/C14H24N2O3/c1-3-5-8-15(4-2)14(19)16-10-6-7-12(16)11(9-10)13(17)18/h10-12H,3-9H2,1-2H3,(H,17,18). The number of hydrogen-bond acceptors (Lipinski definition) is 2. The molecule has 2 fully saturated rings. The highest BCUT2D eigenvalue weighted by molar-refractivity contribution is 5.79. The van der Waals surface area contributed by atoms with Crippen molar-refractivity contribution in [2.45, 2.75) is 58.0 Å². The summed E-state index contributed by atoms with van der Waals surface area (Å²) < 4.78 is 0. The zero-order valence-electron chi connectivity index (χ0n) is 11.8. The lowest BCUT2D eigenvalue weighted by molar-refractivity contribution is -0.142. The fraction of sp³-hybridized carbons (Fsp3) is 0.857. The molecule has 2 rings (SSSR count). The Labute approximate surface area is 114 Å². The van der Waals surface area contributed by atoms with Gasteiger partial charge in [0.2, 0.25) is 0 Å². The zero-order chi connectivity index (χ0) is 14.0. The molecular formula is C14H24N2O3. The van der Waals surface area contributed by atoms with Crippen LogP contribution in [0.25, 0.3) is 0 Å². The summed E-state index contributed by atoms with van der Waals surface area (Å²) in [4.78, 5) is 27.5. The number of hydrogen-bond donors (Lipinski definition) is 1. The van der Waals surface area contributed by atoms with Gasteiger partial charge in [0, 0.05) is 25.2 Å². The monoisotopic (exact) mass is 268 g/mol. The van der Waals surface area contributed by atoms with Crippen LogP contribution in [0.1, 0.15) is 46.0 Å². The van der Waals surface area contributed by atoms with Gasteiger partial charge in [0.05, 0.1) is 5.92 Å². The van der Waals surface area contributed by atoms with Crippen molar-refractivity contribution in [3.8, 4) is 0 Å². The van der Waals surface area contributed by atoms with Crippen LogP contribution >= 0.6 is 0 Å². The first-order valence-electron chi connectivity index (χ1n) is 7.40. The number of carboxylic acids is 1. The maximum atomic E-state index is 12.6. The van der Waals surface area contributed by atoms with E-state index in [1.807, 2.05) is 16.7 Å². The zero-order valence-corrected chi connectivity index (χ0v) is 11.8. The maximum absolute atomic E-state index is 12.6. The predicted octanol–water partition coefficient (Wildman–Crippen LogP) is 2.17. The average molecular weight is 268 g/mol. The first-order valence-corrected chi connectivity index (χ1v) is 7.40. The van der Waals surface area contributed by atoms with Crippen LogP contribution in [0.5, 0.6) is 0 Å². The third-order valence-corrected chi connectivity index (χ3v) is 4.51. The summed E-state index contributed by atoms with van der Waals surface area (Å²) in [5.41, 5.74) is 0. The van der Waals surface area contributed by atoms with E-state index in [0.29, 0.717) is 13.0 Å². The summed E-state index contributed by atoms with van der Waals surface area (Å²) in [6.45, 7) is 5.57. The minimum Gasteiger partial charge on any atom is -0.481 e. The number of unbranched alkanes of at least 4 members (excludes halogenated alkanes) is 1. The average Bonchev–Trinajstić information content (AvgIpc) is 2.96. The van der Waals surface area contributed by atoms with Gasteiger partial charge in [0.1, 0.15) is 0 Å². The Hall–Kier alpha value is -1.26. The predicted molar refractivity (Wildman–Crippen MR) is 71.9 cm³/mol. The highest BCUT2D eigenvalue weighted by atomic mass is 16.4. The Kier molecular flexibility index (Phi) is 4.32. The molecule has 2 amide bonds. The second-order valence-corrected chi connectivity index (χ2v) is 5.60. The molecule has 0 aliphatic carbocycles. The number of carbonyl (C=O) groups is 2. The number of nitrogens with zero attached hydrogens (tertiary/aromatic N) is 2. The van der Waals surface area contributed by atoms with E-state index in [9.17, 15) is 14.7 Å². The van der Waals surface area contributed by atoms with E-state index in [2.05, 4.69) is 6.92 Å². The maximum Gasteiger partial charge on any atom is 0.320 e. The third-order valence-electron chi connectivity index (χ3n) is 4.51. The topological polar surface area (TPSA) is 60.9 Å². The van der Waals surface area contributed by atoms with Crippen molar-refractivity contribution in [1.29, 1.82) is 0 Å². The fourth-order valence-electron chi connectivity index (χ4n) is 3.45. The first-order chi connectivity index (χ1) is 9.10. The van der Waals surface area contributed by atoms with E-state index in [1.54, 1.807) is 0 Å². The van der Waals surface area contributed by atoms with Gasteiger partial charge in [-0.25, -0.2) is 4.79 Å². The molecular weight excluding hydrogens is 244 g/mol. The Morgan fingerprint density at radius 2 is 2.05 bits per heavy atom. The molecule has 5 nitrogen and oxygen atoms in total. The minimum atomic E-state index is -0.749. The van der Waals surface area contributed by atoms with Crippen LogP contribution in [0, 0.1) is 5.92 Å². The molecule has 2 saturated heterocycles. The Morgan fingerprint density at radius 1 is 1.32 bits per heavy atom. The van der Waals surface area contributed by atoms with Crippen molar-refractivity contribution in [2.24, 2.45) is 5.92 Å². The molecule has 0 aromatic carbocycles. The summed E-state index contributed by atoms with van der Waals surface area (Å²) >= 11 is 0. The lowest BCUT2D eigenvalue weighted by Gasteiger charge is -2.30. The van der Waals surface area contributed by atoms with Crippen LogP contribution in [0.15, 0.2) is 0 Å². The summed E-state index contributed by atoms with van der Waals surface area (Å²) in [6, 6.07) is 0.118. The molecule has 3 unspecified atom stereocenters. The van der Waals surface area contributed by atoms with Crippen LogP contribution in [-0.2, 0) is 4.79 Å². The van der Waals surface area contributed by atoms with Crippen molar-refractivity contribution in [3.05, 3.63) is 0 Å². The number of fused-ring (bicyclic) bond motifs is 2. The highest BCUT2D eigenvalue weighted by Crippen LogP contribution is 2.42. The Bertz CT molecular complexity index is 359. The van der Waals surface area contributed by atoms with Crippen molar-refractivity contribution >= 4 is 12.0 Å². The van der Waals surface area contributed by atoms with Gasteiger partial charge in [0.15, 0.2) is 0 Å². The second-order valence-electron chi connectivity index (χ2n) is 5.60. The molecule has 0 aromatic heterocycles. The van der Waals surface area contributed by atoms with Gasteiger partial charge in [-0.2, -0.15) is 0 Å². The van der Waals surface area contributed by atoms with Crippen molar-refractivity contribution in [3.63, 3.8) is 0 Å². The van der Waals surface area contributed by atoms with E-state index in [4.69, 9.17) is 0 Å². The summed E-state index contributed by atoms with van der Waals surface area (Å²) in [6.07, 6.45) is 4.51. The van der Waals surface area contributed by atoms with Crippen LogP contribution < -0.4 is 0 Å². The molecule has 5 heteroatoms. The molecule has 0 spiro atoms. The van der Waals surface area contributed by atoms with Crippen LogP contribution in [0.2, 0.25) is 0 Å². The molecule has 1 N–H and O–H groups in total. The lowest BCUT2D eigenvalue weighted by Crippen LogP contribution is -2.46. The van der Waals surface area contributed by atoms with Gasteiger partial charge in [0.25, 0.3) is 0 Å². The lowest BCUT2D eigenvalue weighted by atomic mass is 9.89. The molecule has 0 radical (unpaired) electrons. The van der Waals surface area contributed by atoms with E-state index < -0.39 is 5.97 Å². The van der Waals surface area contributed by atoms with E-state index >= 15 is 0 Å². The number of amides is 2. The van der Waals surface area contributed by atoms with Gasteiger partial charge in [-0.3, -0.25) is 4.79 Å². The fourth-order valence-corrected chi connectivity index (χ4v) is 3.45. The summed E-state index contributed by atoms with van der Waals surface area (Å²) in [5.74, 6) is -1.10. The molecule has 0 aromatic rings. The van der Waals surface area contributed by atoms with Crippen molar-refractivity contribution in [1.82, 2.24) is 9.80 Å². The van der Waals surface area contributed by atoms with Gasteiger partial charge >= 0.3 is 12.0 Å². The van der Waals surface area contributed by atoms with E-state index in [0.717, 1.165) is 32.2 Å². The van der Waals surface area contributed by atoms with Gasteiger partial charge in [-0.05, 0) is 32.6 Å². The van der Waals surface area contributed by atoms with Crippen molar-refractivity contribution in [2.75, 3.05) is 13.1 Å². The largest absolute Gasteiger partial charge is 0.481 e. The highest BCUT2D eigenvalue weighted by Gasteiger charge is 2.52. The van der Waals surface area contributed by atoms with Crippen LogP contribution in [-0.4, -0.2) is 52.1 Å². The molecule has 108 valence electrons. The van der Waals surface area contributed by atoms with Crippen molar-refractivity contribution < 1.29 is 14.7 Å². The number of rotatable bonds is 5. The number of carboxylic acid groups (broad SMARTS) is 1. The third kappa shape index (κ3) is 2.55. The Morgan fingerprint density at radius 3 is 2.58 bits per heavy atom. The van der Waals surface area contributed by atoms with Gasteiger partial charge < -0.3 is 14.9 Å². The molecule has 2 aliphatic heterocycles. The molecule has 2 bridgehead atoms. The van der Waals surface area contributed by atoms with Crippen LogP contribution in [0.3, 0.4) is 0 Å². The normalized spacial score (nSPS) is 28.7. The Balaban J connectivity index is 2.05. The SMILES string of the molecule is CCCCN(CC)C(=O)N1C2CCC1C(C(=O)O)C2. The van der Waals surface area contributed by atoms with E-state index in [-0.39, 0.29) is 24.0 Å². The molecule has 3 atom stereocenters. The first kappa shape index (κ1) is 14.2. The molecule has 0 saturated carbocycles. The second kappa shape index (κ2) is 5.80. The quantitative estimate of drug-likeness (QED) is 0.831. The van der Waals surface area contributed by atoms with Gasteiger partial charge in [-0.15, -0.1) is 0 Å². The smallest absolute Gasteiger partial charge is 0.320 e. The van der Waals surface area contributed by atoms with E-state index in [1.165, 1.54) is 0 Å². The number of carbonyl (C=O) groups excluding carboxylic acids is 1. The van der Waals surface area contributed by atoms with Gasteiger partial charge in [-0.1, -0.05) is 13.3 Å². The molecule has 2 heterocycles.